The van der Waals surface area contributed by atoms with Crippen LogP contribution in [0.1, 0.15) is 33.3 Å². The first kappa shape index (κ1) is 17.5. The zero-order chi connectivity index (χ0) is 17.8. The van der Waals surface area contributed by atoms with E-state index in [1.165, 1.54) is 11.8 Å². The number of hydrogen-bond acceptors (Lipinski definition) is 5. The fourth-order valence-electron chi connectivity index (χ4n) is 2.58. The Morgan fingerprint density at radius 2 is 1.76 bits per heavy atom. The van der Waals surface area contributed by atoms with Gasteiger partial charge in [-0.1, -0.05) is 54.3 Å². The lowest BCUT2D eigenvalue weighted by Crippen LogP contribution is -2.24. The topological polar surface area (TPSA) is 59.1 Å². The maximum absolute atomic E-state index is 12.7. The quantitative estimate of drug-likeness (QED) is 0.833. The van der Waals surface area contributed by atoms with Gasteiger partial charge in [0, 0.05) is 34.2 Å². The molecule has 0 atom stereocenters. The van der Waals surface area contributed by atoms with E-state index in [1.807, 2.05) is 18.2 Å². The lowest BCUT2D eigenvalue weighted by Gasteiger charge is -2.19. The van der Waals surface area contributed by atoms with Crippen molar-refractivity contribution >= 4 is 39.9 Å². The minimum Gasteiger partial charge on any atom is -0.365 e. The van der Waals surface area contributed by atoms with Gasteiger partial charge in [0.05, 0.1) is 12.2 Å². The van der Waals surface area contributed by atoms with E-state index in [0.29, 0.717) is 38.9 Å². The van der Waals surface area contributed by atoms with Gasteiger partial charge in [-0.2, -0.15) is 0 Å². The fourth-order valence-corrected chi connectivity index (χ4v) is 3.63. The van der Waals surface area contributed by atoms with E-state index >= 15 is 0 Å². The molecule has 126 valence electrons. The number of thioether (sulfide) groups is 1. The minimum atomic E-state index is -0.0901. The number of carbonyl (C=O) groups excluding carboxylic acids is 2. The Kier molecular flexibility index (Phi) is 5.40. The smallest absolute Gasteiger partial charge is 0.191 e. The molecule has 0 radical (unpaired) electrons. The molecule has 25 heavy (non-hydrogen) atoms. The number of rotatable bonds is 4. The molecule has 1 aromatic carbocycles. The van der Waals surface area contributed by atoms with Crippen LogP contribution in [-0.2, 0) is 6.54 Å². The van der Waals surface area contributed by atoms with Crippen molar-refractivity contribution in [3.8, 4) is 0 Å². The van der Waals surface area contributed by atoms with Crippen LogP contribution in [0.3, 0.4) is 0 Å². The Morgan fingerprint density at radius 1 is 1.08 bits per heavy atom. The first-order chi connectivity index (χ1) is 12.1. The molecule has 0 amide bonds. The zero-order valence-corrected chi connectivity index (χ0v) is 15.2. The average molecular weight is 368 g/mol. The molecule has 0 fully saturated rings. The van der Waals surface area contributed by atoms with E-state index in [4.69, 9.17) is 12.2 Å². The third kappa shape index (κ3) is 3.86. The summed E-state index contributed by atoms with van der Waals surface area (Å²) in [5.74, 6) is 0.199. The van der Waals surface area contributed by atoms with Crippen LogP contribution in [0, 0.1) is 0 Å². The van der Waals surface area contributed by atoms with E-state index in [1.54, 1.807) is 37.4 Å². The van der Waals surface area contributed by atoms with Crippen LogP contribution in [0.2, 0.25) is 0 Å². The van der Waals surface area contributed by atoms with Gasteiger partial charge >= 0.3 is 0 Å². The normalized spacial score (nSPS) is 13.6. The molecule has 1 N–H and O–H groups in total. The van der Waals surface area contributed by atoms with Crippen LogP contribution in [0.25, 0.3) is 0 Å². The Hall–Kier alpha value is -2.31. The van der Waals surface area contributed by atoms with Gasteiger partial charge in [-0.3, -0.25) is 14.6 Å². The molecule has 0 spiro atoms. The largest absolute Gasteiger partial charge is 0.365 e. The van der Waals surface area contributed by atoms with Gasteiger partial charge in [-0.25, -0.2) is 0 Å². The summed E-state index contributed by atoms with van der Waals surface area (Å²) in [6.07, 6.45) is 1.73. The number of allylic oxidation sites excluding steroid dienone is 1. The molecule has 4 nitrogen and oxygen atoms in total. The van der Waals surface area contributed by atoms with Crippen LogP contribution in [-0.4, -0.2) is 26.6 Å². The van der Waals surface area contributed by atoms with Crippen LogP contribution in [0.15, 0.2) is 59.8 Å². The minimum absolute atomic E-state index is 0.0850. The van der Waals surface area contributed by atoms with E-state index < -0.39 is 0 Å². The predicted octanol–water partition coefficient (Wildman–Crippen LogP) is 3.59. The molecule has 1 heterocycles. The molecule has 0 saturated heterocycles. The third-order valence-corrected chi connectivity index (χ3v) is 5.31. The molecule has 0 unspecified atom stereocenters. The van der Waals surface area contributed by atoms with Crippen molar-refractivity contribution in [1.82, 2.24) is 10.3 Å². The maximum Gasteiger partial charge on any atom is 0.191 e. The Labute approximate surface area is 155 Å². The fraction of sp³-hybridized carbons (Fsp3) is 0.158. The molecule has 0 bridgehead atoms. The summed E-state index contributed by atoms with van der Waals surface area (Å²) < 4.78 is 0.574. The highest BCUT2D eigenvalue weighted by molar-refractivity contribution is 8.23. The van der Waals surface area contributed by atoms with Gasteiger partial charge in [0.25, 0.3) is 0 Å². The molecule has 1 aromatic heterocycles. The molecule has 2 aromatic rings. The summed E-state index contributed by atoms with van der Waals surface area (Å²) in [5, 5.41) is 3.11. The molecule has 1 aliphatic carbocycles. The first-order valence-corrected chi connectivity index (χ1v) is 9.16. The van der Waals surface area contributed by atoms with Crippen LogP contribution in [0.4, 0.5) is 0 Å². The molecule has 3 rings (SSSR count). The highest BCUT2D eigenvalue weighted by Crippen LogP contribution is 2.28. The number of nitrogens with one attached hydrogen (secondary N) is 1. The molecular weight excluding hydrogens is 352 g/mol. The van der Waals surface area contributed by atoms with Gasteiger partial charge in [0.2, 0.25) is 0 Å². The maximum atomic E-state index is 12.7. The zero-order valence-electron chi connectivity index (χ0n) is 13.6. The summed E-state index contributed by atoms with van der Waals surface area (Å²) in [6.45, 7) is 2.23. The number of Topliss-reactive ketones (excluding diaryl/α,β-unsaturated/α-hetero) is 2. The van der Waals surface area contributed by atoms with Crippen molar-refractivity contribution in [1.29, 1.82) is 0 Å². The van der Waals surface area contributed by atoms with E-state index in [0.717, 1.165) is 5.69 Å². The van der Waals surface area contributed by atoms with Gasteiger partial charge in [-0.05, 0) is 19.1 Å². The second-order valence-electron chi connectivity index (χ2n) is 5.56. The average Bonchev–Trinajstić information content (AvgIpc) is 2.65. The van der Waals surface area contributed by atoms with Crippen molar-refractivity contribution < 1.29 is 9.59 Å². The van der Waals surface area contributed by atoms with Gasteiger partial charge in [-0.15, -0.1) is 0 Å². The monoisotopic (exact) mass is 368 g/mol. The number of aromatic nitrogens is 1. The van der Waals surface area contributed by atoms with Gasteiger partial charge in [0.15, 0.2) is 11.6 Å². The highest BCUT2D eigenvalue weighted by Gasteiger charge is 2.29. The standard InChI is InChI=1S/C19H16N2O2S2/c1-12-16(18(23)15-8-3-2-7-14(15)17(12)22)11-25-19(24)21-10-13-6-4-5-9-20-13/h2-9H,10-11H2,1H3,(H,21,24). The van der Waals surface area contributed by atoms with Crippen molar-refractivity contribution in [3.63, 3.8) is 0 Å². The number of thiocarbonyl (C=S) groups is 1. The van der Waals surface area contributed by atoms with Crippen molar-refractivity contribution in [2.24, 2.45) is 0 Å². The molecular formula is C19H16N2O2S2. The SMILES string of the molecule is CC1=C(CSC(=S)NCc2ccccn2)C(=O)c2ccccc2C1=O. The van der Waals surface area contributed by atoms with Gasteiger partial charge < -0.3 is 5.32 Å². The van der Waals surface area contributed by atoms with Crippen molar-refractivity contribution in [3.05, 3.63) is 76.6 Å². The number of carbonyl (C=O) groups is 2. The highest BCUT2D eigenvalue weighted by atomic mass is 32.2. The number of ketones is 2. The summed E-state index contributed by atoms with van der Waals surface area (Å²) in [5.41, 5.74) is 2.87. The second kappa shape index (κ2) is 7.72. The lowest BCUT2D eigenvalue weighted by atomic mass is 9.85. The van der Waals surface area contributed by atoms with Gasteiger partial charge in [0.1, 0.15) is 4.32 Å². The summed E-state index contributed by atoms with van der Waals surface area (Å²) >= 11 is 6.66. The summed E-state index contributed by atoms with van der Waals surface area (Å²) in [7, 11) is 0. The van der Waals surface area contributed by atoms with Crippen molar-refractivity contribution in [2.75, 3.05) is 5.75 Å². The Balaban J connectivity index is 1.64. The summed E-state index contributed by atoms with van der Waals surface area (Å²) in [6, 6.07) is 12.6. The second-order valence-corrected chi connectivity index (χ2v) is 7.21. The first-order valence-electron chi connectivity index (χ1n) is 7.76. The molecule has 6 heteroatoms. The number of nitrogens with zero attached hydrogens (tertiary/aromatic N) is 1. The number of fused-ring (bicyclic) bond motifs is 1. The van der Waals surface area contributed by atoms with E-state index in [-0.39, 0.29) is 11.6 Å². The number of hydrogen-bond donors (Lipinski definition) is 1. The van der Waals surface area contributed by atoms with Crippen LogP contribution >= 0.6 is 24.0 Å². The number of pyridine rings is 1. The predicted molar refractivity (Wildman–Crippen MR) is 104 cm³/mol. The van der Waals surface area contributed by atoms with Crippen LogP contribution < -0.4 is 5.32 Å². The van der Waals surface area contributed by atoms with E-state index in [9.17, 15) is 9.59 Å². The van der Waals surface area contributed by atoms with E-state index in [2.05, 4.69) is 10.3 Å². The third-order valence-electron chi connectivity index (χ3n) is 3.97. The number of benzene rings is 1. The Morgan fingerprint density at radius 3 is 2.44 bits per heavy atom. The molecule has 0 saturated carbocycles. The van der Waals surface area contributed by atoms with Crippen LogP contribution in [0.5, 0.6) is 0 Å². The molecule has 1 aliphatic rings. The molecule has 0 aliphatic heterocycles. The Bertz CT molecular complexity index is 876. The lowest BCUT2D eigenvalue weighted by molar-refractivity contribution is 0.0975. The summed E-state index contributed by atoms with van der Waals surface area (Å²) in [4.78, 5) is 29.3. The van der Waals surface area contributed by atoms with Crippen molar-refractivity contribution in [2.45, 2.75) is 13.5 Å².